The van der Waals surface area contributed by atoms with Gasteiger partial charge in [0.05, 0.1) is 12.5 Å². The maximum Gasteiger partial charge on any atom is 0.314 e. The van der Waals surface area contributed by atoms with Gasteiger partial charge in [0.25, 0.3) is 5.91 Å². The smallest absolute Gasteiger partial charge is 0.314 e. The van der Waals surface area contributed by atoms with E-state index in [4.69, 9.17) is 9.47 Å². The van der Waals surface area contributed by atoms with Crippen molar-refractivity contribution in [3.8, 4) is 5.75 Å². The highest BCUT2D eigenvalue weighted by Crippen LogP contribution is 2.15. The van der Waals surface area contributed by atoms with E-state index in [9.17, 15) is 9.59 Å². The van der Waals surface area contributed by atoms with Gasteiger partial charge in [-0.05, 0) is 45.0 Å². The molecular weight excluding hydrogens is 352 g/mol. The Balaban J connectivity index is 2.42. The molecule has 1 unspecified atom stereocenters. The minimum Gasteiger partial charge on any atom is -0.484 e. The number of nitrogens with one attached hydrogen (secondary N) is 1. The van der Waals surface area contributed by atoms with E-state index >= 15 is 0 Å². The molecule has 1 aromatic rings. The maximum atomic E-state index is 11.6. The number of hydrogen-bond donors (Lipinski definition) is 1. The minimum absolute atomic E-state index is 0.161. The van der Waals surface area contributed by atoms with Crippen molar-refractivity contribution in [3.63, 3.8) is 0 Å². The van der Waals surface area contributed by atoms with Crippen molar-refractivity contribution in [2.24, 2.45) is 11.0 Å². The van der Waals surface area contributed by atoms with Gasteiger partial charge in [0.2, 0.25) is 0 Å². The average Bonchev–Trinajstić information content (AvgIpc) is 2.51. The Hall–Kier alpha value is -1.89. The molecule has 0 aromatic heterocycles. The van der Waals surface area contributed by atoms with Gasteiger partial charge in [-0.2, -0.15) is 5.10 Å². The lowest BCUT2D eigenvalue weighted by Gasteiger charge is -2.10. The van der Waals surface area contributed by atoms with E-state index in [0.717, 1.165) is 4.47 Å². The van der Waals surface area contributed by atoms with Crippen LogP contribution in [0.3, 0.4) is 0 Å². The fourth-order valence-corrected chi connectivity index (χ4v) is 1.66. The summed E-state index contributed by atoms with van der Waals surface area (Å²) in [6.45, 7) is 5.20. The summed E-state index contributed by atoms with van der Waals surface area (Å²) in [5.41, 5.74) is 2.82. The van der Waals surface area contributed by atoms with E-state index in [0.29, 0.717) is 18.1 Å². The fourth-order valence-electron chi connectivity index (χ4n) is 1.40. The number of benzene rings is 1. The van der Waals surface area contributed by atoms with Gasteiger partial charge in [-0.1, -0.05) is 15.9 Å². The van der Waals surface area contributed by atoms with Crippen molar-refractivity contribution >= 4 is 33.5 Å². The van der Waals surface area contributed by atoms with Gasteiger partial charge >= 0.3 is 5.97 Å². The molecule has 0 aliphatic rings. The molecule has 7 heteroatoms. The van der Waals surface area contributed by atoms with Gasteiger partial charge < -0.3 is 9.47 Å². The van der Waals surface area contributed by atoms with Crippen molar-refractivity contribution in [1.29, 1.82) is 0 Å². The molecule has 6 nitrogen and oxygen atoms in total. The Bertz CT molecular complexity index is 543. The van der Waals surface area contributed by atoms with E-state index in [1.807, 2.05) is 12.1 Å². The van der Waals surface area contributed by atoms with Gasteiger partial charge in [0.15, 0.2) is 6.61 Å². The zero-order valence-corrected chi connectivity index (χ0v) is 14.3. The zero-order valence-electron chi connectivity index (χ0n) is 12.8. The van der Waals surface area contributed by atoms with Gasteiger partial charge in [-0.15, -0.1) is 0 Å². The Labute approximate surface area is 138 Å². The lowest BCUT2D eigenvalue weighted by molar-refractivity contribution is -0.145. The third kappa shape index (κ3) is 6.26. The first kappa shape index (κ1) is 18.2. The predicted octanol–water partition coefficient (Wildman–Crippen LogP) is 2.52. The summed E-state index contributed by atoms with van der Waals surface area (Å²) in [5, 5.41) is 3.88. The van der Waals surface area contributed by atoms with E-state index in [1.165, 1.54) is 0 Å². The number of hydrogen-bond acceptors (Lipinski definition) is 5. The number of ether oxygens (including phenoxy) is 2. The van der Waals surface area contributed by atoms with Crippen LogP contribution in [0.15, 0.2) is 33.8 Å². The molecule has 0 saturated carbocycles. The summed E-state index contributed by atoms with van der Waals surface area (Å²) in [5.74, 6) is -0.700. The van der Waals surface area contributed by atoms with E-state index < -0.39 is 11.8 Å². The summed E-state index contributed by atoms with van der Waals surface area (Å²) < 4.78 is 11.1. The molecule has 1 rings (SSSR count). The van der Waals surface area contributed by atoms with Crippen molar-refractivity contribution in [1.82, 2.24) is 5.43 Å². The average molecular weight is 371 g/mol. The van der Waals surface area contributed by atoms with Crippen LogP contribution in [0.5, 0.6) is 5.75 Å². The van der Waals surface area contributed by atoms with Gasteiger partial charge in [0.1, 0.15) is 5.75 Å². The van der Waals surface area contributed by atoms with Crippen LogP contribution in [0.1, 0.15) is 20.8 Å². The molecule has 1 aromatic carbocycles. The molecule has 1 atom stereocenters. The lowest BCUT2D eigenvalue weighted by Crippen LogP contribution is -2.28. The number of rotatable bonds is 7. The quantitative estimate of drug-likeness (QED) is 0.454. The highest BCUT2D eigenvalue weighted by molar-refractivity contribution is 9.10. The summed E-state index contributed by atoms with van der Waals surface area (Å²) in [4.78, 5) is 23.2. The normalized spacial score (nSPS) is 12.5. The topological polar surface area (TPSA) is 77.0 Å². The first-order valence-electron chi connectivity index (χ1n) is 6.82. The second-order valence-corrected chi connectivity index (χ2v) is 5.42. The van der Waals surface area contributed by atoms with Crippen LogP contribution in [-0.4, -0.2) is 30.8 Å². The highest BCUT2D eigenvalue weighted by atomic mass is 79.9. The molecule has 0 aliphatic heterocycles. The summed E-state index contributed by atoms with van der Waals surface area (Å²) in [6, 6.07) is 7.12. The van der Waals surface area contributed by atoms with Crippen LogP contribution in [0, 0.1) is 5.92 Å². The lowest BCUT2D eigenvalue weighted by atomic mass is 10.1. The number of nitrogens with zero attached hydrogens (tertiary/aromatic N) is 1. The minimum atomic E-state index is -0.507. The Kier molecular flexibility index (Phi) is 7.59. The molecule has 0 spiro atoms. The van der Waals surface area contributed by atoms with E-state index in [1.54, 1.807) is 32.9 Å². The number of amides is 1. The number of halogens is 1. The van der Waals surface area contributed by atoms with Crippen molar-refractivity contribution < 1.29 is 19.1 Å². The molecule has 0 saturated heterocycles. The molecule has 1 amide bonds. The molecule has 1 N–H and O–H groups in total. The fraction of sp³-hybridized carbons (Fsp3) is 0.400. The number of carbonyl (C=O) groups is 2. The number of carbonyl (C=O) groups excluding carboxylic acids is 2. The summed E-state index contributed by atoms with van der Waals surface area (Å²) in [7, 11) is 0. The first-order valence-corrected chi connectivity index (χ1v) is 7.61. The van der Waals surface area contributed by atoms with E-state index in [-0.39, 0.29) is 12.6 Å². The van der Waals surface area contributed by atoms with Gasteiger partial charge in [-0.3, -0.25) is 9.59 Å². The number of hydrazone groups is 1. The SMILES string of the molecule is CCOC(=O)C(C)/C(C)=N/NC(=O)COc1ccc(Br)cc1. The second-order valence-electron chi connectivity index (χ2n) is 4.50. The molecule has 22 heavy (non-hydrogen) atoms. The molecule has 0 radical (unpaired) electrons. The second kappa shape index (κ2) is 9.19. The van der Waals surface area contributed by atoms with Crippen molar-refractivity contribution in [2.75, 3.05) is 13.2 Å². The van der Waals surface area contributed by atoms with Crippen LogP contribution in [0.2, 0.25) is 0 Å². The van der Waals surface area contributed by atoms with Crippen LogP contribution < -0.4 is 10.2 Å². The van der Waals surface area contributed by atoms with Crippen LogP contribution in [0.25, 0.3) is 0 Å². The first-order chi connectivity index (χ1) is 10.4. The van der Waals surface area contributed by atoms with Crippen LogP contribution in [0.4, 0.5) is 0 Å². The van der Waals surface area contributed by atoms with Gasteiger partial charge in [-0.25, -0.2) is 5.43 Å². The zero-order chi connectivity index (χ0) is 16.5. The Morgan fingerprint density at radius 2 is 1.95 bits per heavy atom. The summed E-state index contributed by atoms with van der Waals surface area (Å²) in [6.07, 6.45) is 0. The number of esters is 1. The van der Waals surface area contributed by atoms with Crippen LogP contribution in [-0.2, 0) is 14.3 Å². The third-order valence-electron chi connectivity index (χ3n) is 2.81. The predicted molar refractivity (Wildman–Crippen MR) is 86.7 cm³/mol. The molecule has 120 valence electrons. The maximum absolute atomic E-state index is 11.6. The Morgan fingerprint density at radius 1 is 1.32 bits per heavy atom. The van der Waals surface area contributed by atoms with E-state index in [2.05, 4.69) is 26.5 Å². The van der Waals surface area contributed by atoms with Crippen LogP contribution >= 0.6 is 15.9 Å². The highest BCUT2D eigenvalue weighted by Gasteiger charge is 2.17. The molecular formula is C15H19BrN2O4. The molecule has 0 fully saturated rings. The Morgan fingerprint density at radius 3 is 2.55 bits per heavy atom. The molecule has 0 aliphatic carbocycles. The largest absolute Gasteiger partial charge is 0.484 e. The van der Waals surface area contributed by atoms with Crippen molar-refractivity contribution in [3.05, 3.63) is 28.7 Å². The molecule has 0 bridgehead atoms. The standard InChI is InChI=1S/C15H19BrN2O4/c1-4-21-15(20)10(2)11(3)17-18-14(19)9-22-13-7-5-12(16)6-8-13/h5-8,10H,4,9H2,1-3H3,(H,18,19)/b17-11+. The monoisotopic (exact) mass is 370 g/mol. The molecule has 0 heterocycles. The third-order valence-corrected chi connectivity index (χ3v) is 3.34. The summed E-state index contributed by atoms with van der Waals surface area (Å²) >= 11 is 3.31. The van der Waals surface area contributed by atoms with Crippen molar-refractivity contribution in [2.45, 2.75) is 20.8 Å². The van der Waals surface area contributed by atoms with Gasteiger partial charge in [0, 0.05) is 10.2 Å².